The first-order valence-electron chi connectivity index (χ1n) is 4.04. The molecule has 2 N–H and O–H groups in total. The van der Waals surface area contributed by atoms with E-state index in [-0.39, 0.29) is 6.04 Å². The highest BCUT2D eigenvalue weighted by molar-refractivity contribution is 4.88. The Morgan fingerprint density at radius 2 is 1.92 bits per heavy atom. The number of hydrogen-bond donors (Lipinski definition) is 1. The van der Waals surface area contributed by atoms with Crippen molar-refractivity contribution in [3.8, 4) is 6.07 Å². The number of rotatable bonds is 5. The minimum absolute atomic E-state index is 0.364. The first-order valence-corrected chi connectivity index (χ1v) is 4.04. The van der Waals surface area contributed by atoms with E-state index < -0.39 is 0 Å². The van der Waals surface area contributed by atoms with Crippen LogP contribution in [0.15, 0.2) is 0 Å². The fraction of sp³-hybridized carbons (Fsp3) is 0.875. The molecule has 12 heavy (non-hydrogen) atoms. The average molecular weight is 170 g/mol. The second kappa shape index (κ2) is 5.95. The zero-order chi connectivity index (χ0) is 9.56. The Labute approximate surface area is 74.5 Å². The van der Waals surface area contributed by atoms with Gasteiger partial charge in [-0.15, -0.1) is 0 Å². The van der Waals surface area contributed by atoms with Crippen molar-refractivity contribution >= 4 is 0 Å². The van der Waals surface area contributed by atoms with Gasteiger partial charge >= 0.3 is 0 Å². The molecule has 0 heterocycles. The van der Waals surface area contributed by atoms with Crippen molar-refractivity contribution in [1.82, 2.24) is 9.80 Å². The molecule has 0 radical (unpaired) electrons. The Hall–Kier alpha value is -0.630. The van der Waals surface area contributed by atoms with E-state index in [0.717, 1.165) is 13.1 Å². The lowest BCUT2D eigenvalue weighted by Gasteiger charge is -2.19. The van der Waals surface area contributed by atoms with Crippen LogP contribution in [0.25, 0.3) is 0 Å². The highest BCUT2D eigenvalue weighted by Gasteiger charge is 2.04. The number of likely N-dealkylation sites (N-methyl/N-ethyl adjacent to an activating group) is 2. The fourth-order valence-electron chi connectivity index (χ4n) is 0.839. The number of nitrogens with two attached hydrogens (primary N) is 1. The monoisotopic (exact) mass is 170 g/mol. The standard InChI is InChI=1S/C8H18N4/c1-11(2)4-5-12(3)7-8(10)6-9/h8H,4-5,7,10H2,1-3H3. The van der Waals surface area contributed by atoms with E-state index in [0.29, 0.717) is 6.54 Å². The van der Waals surface area contributed by atoms with Gasteiger partial charge in [-0.25, -0.2) is 0 Å². The van der Waals surface area contributed by atoms with Gasteiger partial charge in [-0.05, 0) is 21.1 Å². The molecule has 1 unspecified atom stereocenters. The summed E-state index contributed by atoms with van der Waals surface area (Å²) in [5.74, 6) is 0. The molecule has 0 amide bonds. The molecule has 0 bridgehead atoms. The molecular weight excluding hydrogens is 152 g/mol. The molecule has 1 atom stereocenters. The molecule has 0 aromatic rings. The van der Waals surface area contributed by atoms with E-state index in [4.69, 9.17) is 11.0 Å². The molecule has 70 valence electrons. The van der Waals surface area contributed by atoms with Crippen molar-refractivity contribution in [1.29, 1.82) is 5.26 Å². The Kier molecular flexibility index (Phi) is 5.64. The Morgan fingerprint density at radius 3 is 2.33 bits per heavy atom. The van der Waals surface area contributed by atoms with Crippen LogP contribution in [0.5, 0.6) is 0 Å². The quantitative estimate of drug-likeness (QED) is 0.594. The van der Waals surface area contributed by atoms with E-state index in [1.54, 1.807) is 0 Å². The zero-order valence-electron chi connectivity index (χ0n) is 8.12. The third-order valence-electron chi connectivity index (χ3n) is 1.60. The first kappa shape index (κ1) is 11.4. The van der Waals surface area contributed by atoms with Gasteiger partial charge in [0.05, 0.1) is 6.07 Å². The molecule has 0 saturated heterocycles. The topological polar surface area (TPSA) is 56.3 Å². The third-order valence-corrected chi connectivity index (χ3v) is 1.60. The Morgan fingerprint density at radius 1 is 1.33 bits per heavy atom. The normalized spacial score (nSPS) is 13.4. The van der Waals surface area contributed by atoms with Gasteiger partial charge in [-0.1, -0.05) is 0 Å². The van der Waals surface area contributed by atoms with Gasteiger partial charge in [-0.2, -0.15) is 5.26 Å². The van der Waals surface area contributed by atoms with Crippen LogP contribution >= 0.6 is 0 Å². The maximum Gasteiger partial charge on any atom is 0.106 e. The SMILES string of the molecule is CN(C)CCN(C)CC(N)C#N. The summed E-state index contributed by atoms with van der Waals surface area (Å²) in [6.45, 7) is 2.58. The summed E-state index contributed by atoms with van der Waals surface area (Å²) in [4.78, 5) is 4.17. The van der Waals surface area contributed by atoms with Crippen molar-refractivity contribution in [3.63, 3.8) is 0 Å². The van der Waals surface area contributed by atoms with E-state index in [1.165, 1.54) is 0 Å². The van der Waals surface area contributed by atoms with E-state index in [9.17, 15) is 0 Å². The second-order valence-corrected chi connectivity index (χ2v) is 3.30. The number of nitrogens with zero attached hydrogens (tertiary/aromatic N) is 3. The van der Waals surface area contributed by atoms with Gasteiger partial charge in [-0.3, -0.25) is 0 Å². The molecule has 0 rings (SSSR count). The smallest absolute Gasteiger partial charge is 0.106 e. The summed E-state index contributed by atoms with van der Waals surface area (Å²) >= 11 is 0. The lowest BCUT2D eigenvalue weighted by molar-refractivity contribution is 0.278. The van der Waals surface area contributed by atoms with Crippen LogP contribution in [-0.2, 0) is 0 Å². The molecule has 4 nitrogen and oxygen atoms in total. The maximum atomic E-state index is 8.45. The summed E-state index contributed by atoms with van der Waals surface area (Å²) in [6, 6.07) is 1.64. The van der Waals surface area contributed by atoms with Crippen LogP contribution in [0.4, 0.5) is 0 Å². The van der Waals surface area contributed by atoms with Crippen molar-refractivity contribution in [2.75, 3.05) is 40.8 Å². The van der Waals surface area contributed by atoms with Crippen molar-refractivity contribution in [2.24, 2.45) is 5.73 Å². The molecule has 4 heteroatoms. The van der Waals surface area contributed by atoms with Crippen LogP contribution in [0.2, 0.25) is 0 Å². The predicted molar refractivity (Wildman–Crippen MR) is 49.6 cm³/mol. The van der Waals surface area contributed by atoms with E-state index >= 15 is 0 Å². The number of nitriles is 1. The van der Waals surface area contributed by atoms with Crippen molar-refractivity contribution in [3.05, 3.63) is 0 Å². The van der Waals surface area contributed by atoms with Crippen molar-refractivity contribution in [2.45, 2.75) is 6.04 Å². The fourth-order valence-corrected chi connectivity index (χ4v) is 0.839. The molecule has 0 spiro atoms. The molecule has 0 aliphatic rings. The van der Waals surface area contributed by atoms with Gasteiger partial charge in [0.25, 0.3) is 0 Å². The summed E-state index contributed by atoms with van der Waals surface area (Å²) in [5, 5.41) is 8.45. The lowest BCUT2D eigenvalue weighted by Crippen LogP contribution is -2.37. The minimum Gasteiger partial charge on any atom is -0.315 e. The highest BCUT2D eigenvalue weighted by Crippen LogP contribution is 1.86. The molecular formula is C8H18N4. The largest absolute Gasteiger partial charge is 0.315 e. The van der Waals surface area contributed by atoms with Gasteiger partial charge in [0.1, 0.15) is 6.04 Å². The second-order valence-electron chi connectivity index (χ2n) is 3.30. The van der Waals surface area contributed by atoms with Crippen LogP contribution < -0.4 is 5.73 Å². The van der Waals surface area contributed by atoms with Gasteiger partial charge in [0.15, 0.2) is 0 Å². The highest BCUT2D eigenvalue weighted by atomic mass is 15.2. The molecule has 0 fully saturated rings. The van der Waals surface area contributed by atoms with Gasteiger partial charge in [0.2, 0.25) is 0 Å². The first-order chi connectivity index (χ1) is 5.56. The molecule has 0 aromatic carbocycles. The van der Waals surface area contributed by atoms with Crippen LogP contribution in [0, 0.1) is 11.3 Å². The molecule has 0 aromatic heterocycles. The summed E-state index contributed by atoms with van der Waals surface area (Å²) < 4.78 is 0. The van der Waals surface area contributed by atoms with Crippen LogP contribution in [0.1, 0.15) is 0 Å². The Balaban J connectivity index is 3.47. The number of hydrogen-bond acceptors (Lipinski definition) is 4. The summed E-state index contributed by atoms with van der Waals surface area (Å²) in [7, 11) is 6.02. The van der Waals surface area contributed by atoms with Crippen LogP contribution in [0.3, 0.4) is 0 Å². The predicted octanol–water partition coefficient (Wildman–Crippen LogP) is -0.669. The minimum atomic E-state index is -0.364. The summed E-state index contributed by atoms with van der Waals surface area (Å²) in [5.41, 5.74) is 5.46. The molecule has 0 aliphatic heterocycles. The van der Waals surface area contributed by atoms with E-state index in [1.807, 2.05) is 27.2 Å². The third kappa shape index (κ3) is 6.10. The van der Waals surface area contributed by atoms with Gasteiger partial charge < -0.3 is 15.5 Å². The van der Waals surface area contributed by atoms with Gasteiger partial charge in [0, 0.05) is 19.6 Å². The summed E-state index contributed by atoms with van der Waals surface area (Å²) in [6.07, 6.45) is 0. The molecule has 0 saturated carbocycles. The van der Waals surface area contributed by atoms with E-state index in [2.05, 4.69) is 9.80 Å². The maximum absolute atomic E-state index is 8.45. The van der Waals surface area contributed by atoms with Crippen molar-refractivity contribution < 1.29 is 0 Å². The Bertz CT molecular complexity index is 150. The molecule has 0 aliphatic carbocycles. The average Bonchev–Trinajstić information content (AvgIpc) is 2.00. The van der Waals surface area contributed by atoms with Crippen LogP contribution in [-0.4, -0.2) is 56.6 Å². The lowest BCUT2D eigenvalue weighted by atomic mass is 10.3. The zero-order valence-corrected chi connectivity index (χ0v) is 8.12.